The Morgan fingerprint density at radius 2 is 2.21 bits per heavy atom. The molecule has 1 rings (SSSR count). The molecule has 14 heavy (non-hydrogen) atoms. The second kappa shape index (κ2) is 5.21. The highest BCUT2D eigenvalue weighted by molar-refractivity contribution is 5.78. The van der Waals surface area contributed by atoms with Crippen LogP contribution in [0, 0.1) is 0 Å². The molecule has 4 nitrogen and oxygen atoms in total. The molecule has 0 aliphatic heterocycles. The first kappa shape index (κ1) is 10.5. The molecule has 1 aromatic heterocycles. The normalized spacial score (nSPS) is 11.9. The fraction of sp³-hybridized carbons (Fsp3) is 0.400. The average molecular weight is 194 g/mol. The van der Waals surface area contributed by atoms with E-state index in [1.165, 1.54) is 0 Å². The number of aromatic nitrogens is 1. The molecule has 0 fully saturated rings. The van der Waals surface area contributed by atoms with Crippen LogP contribution >= 0.6 is 0 Å². The van der Waals surface area contributed by atoms with Gasteiger partial charge >= 0.3 is 5.97 Å². The molecule has 0 aliphatic carbocycles. The number of hydrogen-bond donors (Lipinski definition) is 1. The topological polar surface area (TPSA) is 51.2 Å². The Bertz CT molecular complexity index is 287. The summed E-state index contributed by atoms with van der Waals surface area (Å²) in [5.74, 6) is -0.246. The van der Waals surface area contributed by atoms with Crippen molar-refractivity contribution in [3.63, 3.8) is 0 Å². The minimum Gasteiger partial charge on any atom is -0.464 e. The number of rotatable bonds is 4. The van der Waals surface area contributed by atoms with Crippen molar-refractivity contribution < 1.29 is 9.53 Å². The summed E-state index contributed by atoms with van der Waals surface area (Å²) in [6.45, 7) is 3.96. The van der Waals surface area contributed by atoms with Crippen molar-refractivity contribution in [2.75, 3.05) is 11.9 Å². The van der Waals surface area contributed by atoms with Crippen molar-refractivity contribution in [3.8, 4) is 0 Å². The van der Waals surface area contributed by atoms with E-state index in [-0.39, 0.29) is 12.0 Å². The van der Waals surface area contributed by atoms with Gasteiger partial charge < -0.3 is 10.1 Å². The van der Waals surface area contributed by atoms with Crippen LogP contribution in [-0.2, 0) is 9.53 Å². The third-order valence-corrected chi connectivity index (χ3v) is 1.70. The molecule has 0 saturated carbocycles. The van der Waals surface area contributed by atoms with Gasteiger partial charge in [-0.25, -0.2) is 4.79 Å². The largest absolute Gasteiger partial charge is 0.464 e. The Hall–Kier alpha value is -1.58. The first-order chi connectivity index (χ1) is 6.74. The first-order valence-corrected chi connectivity index (χ1v) is 4.57. The Kier molecular flexibility index (Phi) is 3.91. The molecular weight excluding hydrogens is 180 g/mol. The van der Waals surface area contributed by atoms with E-state index in [2.05, 4.69) is 10.3 Å². The van der Waals surface area contributed by atoms with Crippen LogP contribution in [0.15, 0.2) is 24.5 Å². The average Bonchev–Trinajstić information content (AvgIpc) is 2.19. The fourth-order valence-corrected chi connectivity index (χ4v) is 1.02. The van der Waals surface area contributed by atoms with Gasteiger partial charge in [0.05, 0.1) is 6.61 Å². The summed E-state index contributed by atoms with van der Waals surface area (Å²) in [6.07, 6.45) is 3.33. The Labute approximate surface area is 83.3 Å². The van der Waals surface area contributed by atoms with Gasteiger partial charge in [-0.3, -0.25) is 4.98 Å². The van der Waals surface area contributed by atoms with Gasteiger partial charge in [-0.15, -0.1) is 0 Å². The monoisotopic (exact) mass is 194 g/mol. The molecule has 1 heterocycles. The standard InChI is InChI=1S/C10H14N2O2/c1-3-14-10(13)8(2)12-9-4-6-11-7-5-9/h4-8H,3H2,1-2H3,(H,11,12). The SMILES string of the molecule is CCOC(=O)C(C)Nc1ccncc1. The van der Waals surface area contributed by atoms with Gasteiger partial charge in [0.1, 0.15) is 6.04 Å². The van der Waals surface area contributed by atoms with Crippen LogP contribution in [0.2, 0.25) is 0 Å². The molecule has 4 heteroatoms. The second-order valence-electron chi connectivity index (χ2n) is 2.85. The van der Waals surface area contributed by atoms with E-state index in [9.17, 15) is 4.79 Å². The summed E-state index contributed by atoms with van der Waals surface area (Å²) in [4.78, 5) is 15.1. The lowest BCUT2D eigenvalue weighted by molar-refractivity contribution is -0.143. The zero-order valence-electron chi connectivity index (χ0n) is 8.36. The van der Waals surface area contributed by atoms with E-state index in [1.54, 1.807) is 38.4 Å². The molecule has 1 aromatic rings. The molecule has 0 bridgehead atoms. The maximum atomic E-state index is 11.2. The number of nitrogens with zero attached hydrogens (tertiary/aromatic N) is 1. The second-order valence-corrected chi connectivity index (χ2v) is 2.85. The van der Waals surface area contributed by atoms with Gasteiger partial charge in [0, 0.05) is 18.1 Å². The van der Waals surface area contributed by atoms with E-state index in [4.69, 9.17) is 4.74 Å². The minimum absolute atomic E-state index is 0.246. The highest BCUT2D eigenvalue weighted by Gasteiger charge is 2.12. The van der Waals surface area contributed by atoms with Crippen molar-refractivity contribution >= 4 is 11.7 Å². The Morgan fingerprint density at radius 3 is 2.79 bits per heavy atom. The van der Waals surface area contributed by atoms with Crippen LogP contribution in [0.3, 0.4) is 0 Å². The molecule has 76 valence electrons. The number of pyridine rings is 1. The number of hydrogen-bond acceptors (Lipinski definition) is 4. The van der Waals surface area contributed by atoms with E-state index >= 15 is 0 Å². The third-order valence-electron chi connectivity index (χ3n) is 1.70. The summed E-state index contributed by atoms with van der Waals surface area (Å²) in [6, 6.07) is 3.27. The molecule has 0 spiro atoms. The van der Waals surface area contributed by atoms with E-state index in [0.29, 0.717) is 6.61 Å². The zero-order valence-corrected chi connectivity index (χ0v) is 8.36. The minimum atomic E-state index is -0.336. The number of nitrogens with one attached hydrogen (secondary N) is 1. The summed E-state index contributed by atoms with van der Waals surface area (Å²) < 4.78 is 4.86. The van der Waals surface area contributed by atoms with Gasteiger partial charge in [0.2, 0.25) is 0 Å². The van der Waals surface area contributed by atoms with Crippen molar-refractivity contribution in [1.29, 1.82) is 0 Å². The van der Waals surface area contributed by atoms with Gasteiger partial charge in [0.15, 0.2) is 0 Å². The number of anilines is 1. The van der Waals surface area contributed by atoms with Crippen LogP contribution in [0.25, 0.3) is 0 Å². The van der Waals surface area contributed by atoms with Crippen LogP contribution in [0.4, 0.5) is 5.69 Å². The molecule has 1 unspecified atom stereocenters. The Balaban J connectivity index is 2.49. The highest BCUT2D eigenvalue weighted by atomic mass is 16.5. The van der Waals surface area contributed by atoms with E-state index < -0.39 is 0 Å². The van der Waals surface area contributed by atoms with E-state index in [0.717, 1.165) is 5.69 Å². The Morgan fingerprint density at radius 1 is 1.57 bits per heavy atom. The fourth-order valence-electron chi connectivity index (χ4n) is 1.02. The van der Waals surface area contributed by atoms with E-state index in [1.807, 2.05) is 0 Å². The quantitative estimate of drug-likeness (QED) is 0.737. The number of carbonyl (C=O) groups excluding carboxylic acids is 1. The smallest absolute Gasteiger partial charge is 0.328 e. The predicted octanol–water partition coefficient (Wildman–Crippen LogP) is 1.45. The van der Waals surface area contributed by atoms with Crippen LogP contribution < -0.4 is 5.32 Å². The molecule has 0 aliphatic rings. The highest BCUT2D eigenvalue weighted by Crippen LogP contribution is 2.05. The van der Waals surface area contributed by atoms with Crippen LogP contribution in [-0.4, -0.2) is 23.6 Å². The van der Waals surface area contributed by atoms with Crippen molar-refractivity contribution in [2.24, 2.45) is 0 Å². The lowest BCUT2D eigenvalue weighted by Crippen LogP contribution is -2.28. The van der Waals surface area contributed by atoms with Gasteiger partial charge in [0.25, 0.3) is 0 Å². The molecule has 0 aromatic carbocycles. The summed E-state index contributed by atoms with van der Waals surface area (Å²) in [5.41, 5.74) is 0.862. The van der Waals surface area contributed by atoms with Crippen molar-refractivity contribution in [3.05, 3.63) is 24.5 Å². The summed E-state index contributed by atoms with van der Waals surface area (Å²) in [5, 5.41) is 3.01. The molecule has 0 saturated heterocycles. The number of esters is 1. The number of carbonyl (C=O) groups is 1. The maximum Gasteiger partial charge on any atom is 0.328 e. The number of ether oxygens (including phenoxy) is 1. The molecule has 1 atom stereocenters. The zero-order chi connectivity index (χ0) is 10.4. The van der Waals surface area contributed by atoms with Gasteiger partial charge in [-0.1, -0.05) is 0 Å². The van der Waals surface area contributed by atoms with Crippen molar-refractivity contribution in [2.45, 2.75) is 19.9 Å². The first-order valence-electron chi connectivity index (χ1n) is 4.57. The maximum absolute atomic E-state index is 11.2. The lowest BCUT2D eigenvalue weighted by Gasteiger charge is -2.13. The van der Waals surface area contributed by atoms with Crippen molar-refractivity contribution in [1.82, 2.24) is 4.98 Å². The summed E-state index contributed by atoms with van der Waals surface area (Å²) in [7, 11) is 0. The predicted molar refractivity (Wildman–Crippen MR) is 54.0 cm³/mol. The van der Waals surface area contributed by atoms with Gasteiger partial charge in [-0.05, 0) is 26.0 Å². The van der Waals surface area contributed by atoms with Crippen LogP contribution in [0.1, 0.15) is 13.8 Å². The van der Waals surface area contributed by atoms with Crippen LogP contribution in [0.5, 0.6) is 0 Å². The molecule has 0 radical (unpaired) electrons. The molecule has 0 amide bonds. The summed E-state index contributed by atoms with van der Waals surface area (Å²) >= 11 is 0. The lowest BCUT2D eigenvalue weighted by atomic mass is 10.3. The molecule has 1 N–H and O–H groups in total. The third kappa shape index (κ3) is 3.05. The van der Waals surface area contributed by atoms with Gasteiger partial charge in [-0.2, -0.15) is 0 Å². The molecular formula is C10H14N2O2.